The Morgan fingerprint density at radius 1 is 1.25 bits per heavy atom. The lowest BCUT2D eigenvalue weighted by Crippen LogP contribution is -2.05. The van der Waals surface area contributed by atoms with Crippen molar-refractivity contribution < 1.29 is 18.8 Å². The van der Waals surface area contributed by atoms with E-state index in [4.69, 9.17) is 25.6 Å². The summed E-state index contributed by atoms with van der Waals surface area (Å²) in [6.07, 6.45) is 2.84. The van der Waals surface area contributed by atoms with Gasteiger partial charge < -0.3 is 19.0 Å². The fourth-order valence-corrected chi connectivity index (χ4v) is 3.73. The molecule has 4 aromatic rings. The number of para-hydroxylation sites is 1. The molecule has 166 valence electrons. The fraction of sp³-hybridized carbons (Fsp3) is 0.292. The number of benzene rings is 2. The lowest BCUT2D eigenvalue weighted by molar-refractivity contribution is -0.143. The summed E-state index contributed by atoms with van der Waals surface area (Å²) in [6, 6.07) is 11.2. The largest absolute Gasteiger partial charge is 0.489 e. The first-order valence-corrected chi connectivity index (χ1v) is 10.9. The molecule has 7 nitrogen and oxygen atoms in total. The molecular formula is C24H24ClN3O4. The van der Waals surface area contributed by atoms with E-state index in [1.54, 1.807) is 19.1 Å². The Kier molecular flexibility index (Phi) is 6.46. The minimum atomic E-state index is -0.204. The molecule has 0 bridgehead atoms. The van der Waals surface area contributed by atoms with Gasteiger partial charge in [-0.15, -0.1) is 0 Å². The molecule has 0 amide bonds. The van der Waals surface area contributed by atoms with Crippen molar-refractivity contribution >= 4 is 28.5 Å². The zero-order chi connectivity index (χ0) is 22.7. The van der Waals surface area contributed by atoms with E-state index >= 15 is 0 Å². The number of hydrogen-bond acceptors (Lipinski definition) is 6. The molecule has 0 unspecified atom stereocenters. The lowest BCUT2D eigenvalue weighted by Gasteiger charge is -2.11. The van der Waals surface area contributed by atoms with Crippen molar-refractivity contribution in [2.75, 3.05) is 6.61 Å². The summed E-state index contributed by atoms with van der Waals surface area (Å²) in [6.45, 7) is 6.07. The zero-order valence-electron chi connectivity index (χ0n) is 18.1. The number of aryl methyl sites for hydroxylation is 1. The Morgan fingerprint density at radius 3 is 2.84 bits per heavy atom. The number of aromatic nitrogens is 3. The van der Waals surface area contributed by atoms with Crippen LogP contribution >= 0.6 is 11.6 Å². The SMILES string of the molecule is CCOC(=O)CCc1c[nH]c2c(-c3noc(-c4ccc(OC(C)C)c(Cl)c4)n3)cccc12. The van der Waals surface area contributed by atoms with Crippen LogP contribution < -0.4 is 4.74 Å². The summed E-state index contributed by atoms with van der Waals surface area (Å²) in [7, 11) is 0. The van der Waals surface area contributed by atoms with Gasteiger partial charge in [-0.25, -0.2) is 0 Å². The molecule has 0 saturated carbocycles. The van der Waals surface area contributed by atoms with Crippen LogP contribution in [0.5, 0.6) is 5.75 Å². The molecule has 2 heterocycles. The van der Waals surface area contributed by atoms with Gasteiger partial charge >= 0.3 is 5.97 Å². The van der Waals surface area contributed by atoms with Gasteiger partial charge in [0.1, 0.15) is 5.75 Å². The van der Waals surface area contributed by atoms with E-state index in [0.717, 1.165) is 22.0 Å². The normalized spacial score (nSPS) is 11.3. The van der Waals surface area contributed by atoms with Gasteiger partial charge in [0.05, 0.1) is 23.3 Å². The van der Waals surface area contributed by atoms with Crippen molar-refractivity contribution in [3.63, 3.8) is 0 Å². The summed E-state index contributed by atoms with van der Waals surface area (Å²) in [5.74, 6) is 1.23. The molecule has 32 heavy (non-hydrogen) atoms. The summed E-state index contributed by atoms with van der Waals surface area (Å²) in [5.41, 5.74) is 3.44. The van der Waals surface area contributed by atoms with Gasteiger partial charge in [-0.2, -0.15) is 4.98 Å². The van der Waals surface area contributed by atoms with Crippen LogP contribution in [-0.2, 0) is 16.0 Å². The van der Waals surface area contributed by atoms with E-state index in [1.807, 2.05) is 44.3 Å². The van der Waals surface area contributed by atoms with E-state index in [0.29, 0.717) is 47.5 Å². The first-order valence-electron chi connectivity index (χ1n) is 10.5. The number of fused-ring (bicyclic) bond motifs is 1. The van der Waals surface area contributed by atoms with Crippen molar-refractivity contribution in [3.05, 3.63) is 53.2 Å². The topological polar surface area (TPSA) is 90.2 Å². The Morgan fingerprint density at radius 2 is 2.09 bits per heavy atom. The van der Waals surface area contributed by atoms with Crippen LogP contribution in [0.15, 0.2) is 47.1 Å². The van der Waals surface area contributed by atoms with E-state index in [9.17, 15) is 4.79 Å². The average Bonchev–Trinajstić information content (AvgIpc) is 3.41. The van der Waals surface area contributed by atoms with Crippen LogP contribution in [0.3, 0.4) is 0 Å². The number of nitrogens with one attached hydrogen (secondary N) is 1. The second kappa shape index (κ2) is 9.44. The predicted octanol–water partition coefficient (Wildman–Crippen LogP) is 5.82. The maximum Gasteiger partial charge on any atom is 0.306 e. The van der Waals surface area contributed by atoms with Crippen molar-refractivity contribution in [2.24, 2.45) is 0 Å². The summed E-state index contributed by atoms with van der Waals surface area (Å²) in [5, 5.41) is 5.66. The standard InChI is InChI=1S/C24H24ClN3O4/c1-4-30-21(29)11-9-16-13-26-22-17(16)6-5-7-18(22)23-27-24(32-28-23)15-8-10-20(19(25)12-15)31-14(2)3/h5-8,10,12-14,26H,4,9,11H2,1-3H3. The number of halogens is 1. The van der Waals surface area contributed by atoms with Crippen molar-refractivity contribution in [1.82, 2.24) is 15.1 Å². The predicted molar refractivity (Wildman–Crippen MR) is 123 cm³/mol. The number of carbonyl (C=O) groups excluding carboxylic acids is 1. The zero-order valence-corrected chi connectivity index (χ0v) is 18.9. The molecule has 0 fully saturated rings. The van der Waals surface area contributed by atoms with Crippen LogP contribution in [0.1, 0.15) is 32.8 Å². The number of aromatic amines is 1. The van der Waals surface area contributed by atoms with Gasteiger partial charge in [-0.05, 0) is 57.0 Å². The number of ether oxygens (including phenoxy) is 2. The molecule has 0 atom stereocenters. The van der Waals surface area contributed by atoms with Crippen LogP contribution in [-0.4, -0.2) is 33.8 Å². The van der Waals surface area contributed by atoms with E-state index in [-0.39, 0.29) is 12.1 Å². The van der Waals surface area contributed by atoms with E-state index in [2.05, 4.69) is 15.1 Å². The highest BCUT2D eigenvalue weighted by Gasteiger charge is 2.17. The molecule has 4 rings (SSSR count). The number of carbonyl (C=O) groups is 1. The number of esters is 1. The summed E-state index contributed by atoms with van der Waals surface area (Å²) in [4.78, 5) is 19.6. The molecule has 0 aliphatic carbocycles. The number of H-pyrrole nitrogens is 1. The smallest absolute Gasteiger partial charge is 0.306 e. The maximum atomic E-state index is 11.7. The van der Waals surface area contributed by atoms with E-state index in [1.165, 1.54) is 0 Å². The number of hydrogen-bond donors (Lipinski definition) is 1. The van der Waals surface area contributed by atoms with Gasteiger partial charge in [0, 0.05) is 29.1 Å². The highest BCUT2D eigenvalue weighted by atomic mass is 35.5. The first kappa shape index (κ1) is 21.9. The highest BCUT2D eigenvalue weighted by molar-refractivity contribution is 6.32. The molecule has 0 aliphatic rings. The van der Waals surface area contributed by atoms with Gasteiger partial charge in [0.15, 0.2) is 0 Å². The van der Waals surface area contributed by atoms with Crippen LogP contribution in [0.25, 0.3) is 33.7 Å². The second-order valence-electron chi connectivity index (χ2n) is 7.58. The Hall–Kier alpha value is -3.32. The molecule has 0 saturated heterocycles. The van der Waals surface area contributed by atoms with Crippen LogP contribution in [0, 0.1) is 0 Å². The average molecular weight is 454 g/mol. The molecule has 0 spiro atoms. The Bertz CT molecular complexity index is 1250. The molecular weight excluding hydrogens is 430 g/mol. The molecule has 2 aromatic heterocycles. The van der Waals surface area contributed by atoms with Crippen molar-refractivity contribution in [1.29, 1.82) is 0 Å². The van der Waals surface area contributed by atoms with Gasteiger partial charge in [-0.1, -0.05) is 28.9 Å². The highest BCUT2D eigenvalue weighted by Crippen LogP contribution is 2.33. The summed E-state index contributed by atoms with van der Waals surface area (Å²) < 4.78 is 16.2. The third-order valence-electron chi connectivity index (χ3n) is 4.91. The molecule has 0 radical (unpaired) electrons. The number of rotatable bonds is 8. The monoisotopic (exact) mass is 453 g/mol. The van der Waals surface area contributed by atoms with Gasteiger partial charge in [0.2, 0.25) is 5.82 Å². The molecule has 8 heteroatoms. The third kappa shape index (κ3) is 4.62. The quantitative estimate of drug-likeness (QED) is 0.338. The lowest BCUT2D eigenvalue weighted by atomic mass is 10.1. The summed E-state index contributed by atoms with van der Waals surface area (Å²) >= 11 is 6.35. The molecule has 1 N–H and O–H groups in total. The second-order valence-corrected chi connectivity index (χ2v) is 7.99. The minimum absolute atomic E-state index is 0.0248. The van der Waals surface area contributed by atoms with Crippen molar-refractivity contribution in [3.8, 4) is 28.6 Å². The van der Waals surface area contributed by atoms with Gasteiger partial charge in [-0.3, -0.25) is 4.79 Å². The first-order chi connectivity index (χ1) is 15.5. The van der Waals surface area contributed by atoms with E-state index < -0.39 is 0 Å². The van der Waals surface area contributed by atoms with Gasteiger partial charge in [0.25, 0.3) is 5.89 Å². The molecule has 0 aliphatic heterocycles. The maximum absolute atomic E-state index is 11.7. The van der Waals surface area contributed by atoms with Crippen molar-refractivity contribution in [2.45, 2.75) is 39.7 Å². The minimum Gasteiger partial charge on any atom is -0.489 e. The Balaban J connectivity index is 1.60. The fourth-order valence-electron chi connectivity index (χ4n) is 3.51. The van der Waals surface area contributed by atoms with Crippen LogP contribution in [0.4, 0.5) is 0 Å². The molecule has 2 aromatic carbocycles. The number of nitrogens with zero attached hydrogens (tertiary/aromatic N) is 2. The van der Waals surface area contributed by atoms with Crippen LogP contribution in [0.2, 0.25) is 5.02 Å². The Labute approximate surface area is 190 Å². The third-order valence-corrected chi connectivity index (χ3v) is 5.21.